The Bertz CT molecular complexity index is 792. The molecule has 0 saturated carbocycles. The maximum Gasteiger partial charge on any atom is 0.316 e. The van der Waals surface area contributed by atoms with Gasteiger partial charge in [0.1, 0.15) is 6.61 Å². The summed E-state index contributed by atoms with van der Waals surface area (Å²) in [5, 5.41) is 3.79. The molecule has 2 aromatic heterocycles. The lowest BCUT2D eigenvalue weighted by Crippen LogP contribution is -2.38. The molecular formula is C17H20N4O4. The number of ether oxygens (including phenoxy) is 2. The molecule has 0 spiro atoms. The fourth-order valence-corrected chi connectivity index (χ4v) is 3.51. The summed E-state index contributed by atoms with van der Waals surface area (Å²) in [6.45, 7) is 6.46. The Morgan fingerprint density at radius 2 is 2.32 bits per heavy atom. The number of carbonyl (C=O) groups is 1. The first kappa shape index (κ1) is 16.0. The van der Waals surface area contributed by atoms with E-state index in [1.165, 1.54) is 0 Å². The Hall–Kier alpha value is -2.48. The molecule has 25 heavy (non-hydrogen) atoms. The van der Waals surface area contributed by atoms with Gasteiger partial charge in [-0.15, -0.1) is 0 Å². The second-order valence-electron chi connectivity index (χ2n) is 6.86. The van der Waals surface area contributed by atoms with E-state index in [4.69, 9.17) is 14.0 Å². The van der Waals surface area contributed by atoms with Crippen LogP contribution in [0.4, 0.5) is 0 Å². The van der Waals surface area contributed by atoms with Crippen molar-refractivity contribution < 1.29 is 18.8 Å². The van der Waals surface area contributed by atoms with E-state index >= 15 is 0 Å². The van der Waals surface area contributed by atoms with Crippen molar-refractivity contribution in [2.24, 2.45) is 11.3 Å². The number of fused-ring (bicyclic) bond motifs is 1. The molecule has 0 unspecified atom stereocenters. The topological polar surface area (TPSA) is 90.6 Å². The SMILES string of the molecule is Cc1cc(C(=O)N2C[C@@H]3COC[C@]3(COc3nccc(C)n3)C2)on1. The van der Waals surface area contributed by atoms with Gasteiger partial charge in [-0.3, -0.25) is 4.79 Å². The van der Waals surface area contributed by atoms with Gasteiger partial charge in [-0.2, -0.15) is 0 Å². The van der Waals surface area contributed by atoms with Crippen LogP contribution in [-0.4, -0.2) is 58.8 Å². The van der Waals surface area contributed by atoms with Crippen LogP contribution in [0.2, 0.25) is 0 Å². The van der Waals surface area contributed by atoms with E-state index in [0.29, 0.717) is 44.6 Å². The minimum Gasteiger partial charge on any atom is -0.463 e. The Balaban J connectivity index is 1.47. The van der Waals surface area contributed by atoms with Gasteiger partial charge in [0, 0.05) is 37.0 Å². The molecule has 0 radical (unpaired) electrons. The van der Waals surface area contributed by atoms with Crippen LogP contribution in [0.25, 0.3) is 0 Å². The van der Waals surface area contributed by atoms with Gasteiger partial charge >= 0.3 is 6.01 Å². The molecule has 132 valence electrons. The van der Waals surface area contributed by atoms with Crippen molar-refractivity contribution in [1.82, 2.24) is 20.0 Å². The van der Waals surface area contributed by atoms with Crippen LogP contribution in [-0.2, 0) is 4.74 Å². The average molecular weight is 344 g/mol. The van der Waals surface area contributed by atoms with Crippen LogP contribution < -0.4 is 4.74 Å². The Kier molecular flexibility index (Phi) is 3.91. The molecule has 0 bridgehead atoms. The van der Waals surface area contributed by atoms with Crippen LogP contribution in [0.15, 0.2) is 22.9 Å². The molecule has 2 aromatic rings. The van der Waals surface area contributed by atoms with Crippen LogP contribution in [0.5, 0.6) is 6.01 Å². The third kappa shape index (κ3) is 2.97. The highest BCUT2D eigenvalue weighted by Gasteiger charge is 2.53. The molecule has 4 heterocycles. The Morgan fingerprint density at radius 3 is 3.08 bits per heavy atom. The highest BCUT2D eigenvalue weighted by atomic mass is 16.5. The monoisotopic (exact) mass is 344 g/mol. The summed E-state index contributed by atoms with van der Waals surface area (Å²) >= 11 is 0. The molecule has 0 aliphatic carbocycles. The van der Waals surface area contributed by atoms with E-state index in [9.17, 15) is 4.79 Å². The van der Waals surface area contributed by atoms with Crippen molar-refractivity contribution >= 4 is 5.91 Å². The standard InChI is InChI=1S/C17H20N4O4/c1-11-3-4-18-16(19-11)24-10-17-8-21(6-13(17)7-23-9-17)15(22)14-5-12(2)20-25-14/h3-5,13H,6-10H2,1-2H3/t13-,17+/m1/s1. The zero-order valence-electron chi connectivity index (χ0n) is 14.3. The number of likely N-dealkylation sites (tertiary alicyclic amines) is 1. The van der Waals surface area contributed by atoms with Crippen molar-refractivity contribution in [3.8, 4) is 6.01 Å². The summed E-state index contributed by atoms with van der Waals surface area (Å²) in [6.07, 6.45) is 1.68. The zero-order valence-corrected chi connectivity index (χ0v) is 14.3. The van der Waals surface area contributed by atoms with Crippen LogP contribution in [0.3, 0.4) is 0 Å². The highest BCUT2D eigenvalue weighted by molar-refractivity contribution is 5.91. The summed E-state index contributed by atoms with van der Waals surface area (Å²) < 4.78 is 16.6. The number of aromatic nitrogens is 3. The fraction of sp³-hybridized carbons (Fsp3) is 0.529. The number of rotatable bonds is 4. The summed E-state index contributed by atoms with van der Waals surface area (Å²) in [5.41, 5.74) is 1.31. The largest absolute Gasteiger partial charge is 0.463 e. The quantitative estimate of drug-likeness (QED) is 0.824. The normalized spacial score (nSPS) is 25.2. The highest BCUT2D eigenvalue weighted by Crippen LogP contribution is 2.42. The first-order valence-corrected chi connectivity index (χ1v) is 8.28. The van der Waals surface area contributed by atoms with E-state index in [1.54, 1.807) is 24.1 Å². The maximum atomic E-state index is 12.6. The minimum absolute atomic E-state index is 0.138. The fourth-order valence-electron chi connectivity index (χ4n) is 3.51. The number of amides is 1. The second kappa shape index (κ2) is 6.11. The molecule has 0 N–H and O–H groups in total. The molecule has 2 aliphatic heterocycles. The maximum absolute atomic E-state index is 12.6. The lowest BCUT2D eigenvalue weighted by atomic mass is 9.82. The van der Waals surface area contributed by atoms with Crippen molar-refractivity contribution in [3.63, 3.8) is 0 Å². The molecule has 2 saturated heterocycles. The summed E-state index contributed by atoms with van der Waals surface area (Å²) in [6, 6.07) is 3.84. The van der Waals surface area contributed by atoms with E-state index in [1.807, 2.05) is 13.0 Å². The number of aryl methyl sites for hydroxylation is 2. The van der Waals surface area contributed by atoms with E-state index < -0.39 is 0 Å². The van der Waals surface area contributed by atoms with Gasteiger partial charge < -0.3 is 18.9 Å². The summed E-state index contributed by atoms with van der Waals surface area (Å²) in [4.78, 5) is 22.8. The Morgan fingerprint density at radius 1 is 1.44 bits per heavy atom. The van der Waals surface area contributed by atoms with Crippen molar-refractivity contribution in [2.45, 2.75) is 13.8 Å². The predicted octanol–water partition coefficient (Wildman–Crippen LogP) is 1.25. The molecule has 2 fully saturated rings. The van der Waals surface area contributed by atoms with Gasteiger partial charge in [-0.25, -0.2) is 9.97 Å². The number of nitrogens with zero attached hydrogens (tertiary/aromatic N) is 4. The molecule has 0 aromatic carbocycles. The molecule has 2 atom stereocenters. The number of carbonyl (C=O) groups excluding carboxylic acids is 1. The van der Waals surface area contributed by atoms with Crippen LogP contribution in [0, 0.1) is 25.2 Å². The van der Waals surface area contributed by atoms with Gasteiger partial charge in [0.15, 0.2) is 0 Å². The average Bonchev–Trinajstić information content (AvgIpc) is 3.26. The summed E-state index contributed by atoms with van der Waals surface area (Å²) in [7, 11) is 0. The zero-order chi connectivity index (χ0) is 17.4. The first-order valence-electron chi connectivity index (χ1n) is 8.28. The lowest BCUT2D eigenvalue weighted by Gasteiger charge is -2.26. The number of hydrogen-bond donors (Lipinski definition) is 0. The van der Waals surface area contributed by atoms with Gasteiger partial charge in [0.2, 0.25) is 5.76 Å². The molecule has 1 amide bonds. The smallest absolute Gasteiger partial charge is 0.316 e. The van der Waals surface area contributed by atoms with E-state index in [2.05, 4.69) is 15.1 Å². The second-order valence-corrected chi connectivity index (χ2v) is 6.86. The summed E-state index contributed by atoms with van der Waals surface area (Å²) in [5.74, 6) is 0.364. The van der Waals surface area contributed by atoms with Crippen LogP contribution in [0.1, 0.15) is 21.9 Å². The molecule has 4 rings (SSSR count). The Labute approximate surface area is 145 Å². The third-order valence-electron chi connectivity index (χ3n) is 4.91. The molecule has 8 nitrogen and oxygen atoms in total. The minimum atomic E-state index is -0.238. The molecule has 2 aliphatic rings. The van der Waals surface area contributed by atoms with Crippen molar-refractivity contribution in [1.29, 1.82) is 0 Å². The third-order valence-corrected chi connectivity index (χ3v) is 4.91. The van der Waals surface area contributed by atoms with E-state index in [-0.39, 0.29) is 23.0 Å². The van der Waals surface area contributed by atoms with Gasteiger partial charge in [-0.1, -0.05) is 5.16 Å². The molecular weight excluding hydrogens is 324 g/mol. The predicted molar refractivity (Wildman–Crippen MR) is 86.1 cm³/mol. The van der Waals surface area contributed by atoms with E-state index in [0.717, 1.165) is 5.69 Å². The van der Waals surface area contributed by atoms with Gasteiger partial charge in [0.05, 0.1) is 24.3 Å². The lowest BCUT2D eigenvalue weighted by molar-refractivity contribution is 0.0617. The van der Waals surface area contributed by atoms with Crippen molar-refractivity contribution in [3.05, 3.63) is 35.5 Å². The molecule has 8 heteroatoms. The van der Waals surface area contributed by atoms with Gasteiger partial charge in [0.25, 0.3) is 5.91 Å². The number of hydrogen-bond acceptors (Lipinski definition) is 7. The van der Waals surface area contributed by atoms with Crippen molar-refractivity contribution in [2.75, 3.05) is 32.9 Å². The van der Waals surface area contributed by atoms with Crippen LogP contribution >= 0.6 is 0 Å². The van der Waals surface area contributed by atoms with Gasteiger partial charge in [-0.05, 0) is 19.9 Å². The first-order chi connectivity index (χ1) is 12.1.